The zero-order valence-corrected chi connectivity index (χ0v) is 8.41. The van der Waals surface area contributed by atoms with Gasteiger partial charge in [0.25, 0.3) is 0 Å². The molecule has 0 radical (unpaired) electrons. The molecular formula is C12H13FN2. The van der Waals surface area contributed by atoms with Crippen LogP contribution in [0.2, 0.25) is 0 Å². The average molecular weight is 204 g/mol. The van der Waals surface area contributed by atoms with E-state index in [0.717, 1.165) is 18.4 Å². The quantitative estimate of drug-likeness (QED) is 0.762. The fourth-order valence-electron chi connectivity index (χ4n) is 1.97. The number of nitrogens with zero attached hydrogens (tertiary/aromatic N) is 1. The monoisotopic (exact) mass is 204 g/mol. The van der Waals surface area contributed by atoms with E-state index in [1.807, 2.05) is 6.07 Å². The van der Waals surface area contributed by atoms with Crippen LogP contribution in [0.5, 0.6) is 0 Å². The molecule has 1 aromatic rings. The Labute approximate surface area is 88.7 Å². The van der Waals surface area contributed by atoms with E-state index in [1.165, 1.54) is 6.07 Å². The molecule has 78 valence electrons. The summed E-state index contributed by atoms with van der Waals surface area (Å²) >= 11 is 0. The van der Waals surface area contributed by atoms with E-state index in [-0.39, 0.29) is 17.8 Å². The summed E-state index contributed by atoms with van der Waals surface area (Å²) in [7, 11) is 0. The Bertz CT molecular complexity index is 375. The minimum atomic E-state index is -0.197. The minimum Gasteiger partial charge on any atom is -0.309 e. The van der Waals surface area contributed by atoms with Crippen LogP contribution >= 0.6 is 0 Å². The number of hydrogen-bond acceptors (Lipinski definition) is 2. The van der Waals surface area contributed by atoms with E-state index in [1.54, 1.807) is 12.1 Å². The molecule has 0 amide bonds. The summed E-state index contributed by atoms with van der Waals surface area (Å²) in [6.45, 7) is 0.706. The van der Waals surface area contributed by atoms with Crippen LogP contribution in [-0.2, 0) is 0 Å². The largest absolute Gasteiger partial charge is 0.309 e. The van der Waals surface area contributed by atoms with Crippen molar-refractivity contribution in [1.29, 1.82) is 5.26 Å². The lowest BCUT2D eigenvalue weighted by atomic mass is 9.92. The standard InChI is InChI=1S/C12H13FN2/c13-11-3-1-2-10(6-11)12-5-4-9(7-14)8-15-12/h1-3,6,9,12,15H,4-5,8H2. The lowest BCUT2D eigenvalue weighted by molar-refractivity contribution is 0.361. The summed E-state index contributed by atoms with van der Waals surface area (Å²) < 4.78 is 13.0. The van der Waals surface area contributed by atoms with Crippen LogP contribution in [-0.4, -0.2) is 6.54 Å². The van der Waals surface area contributed by atoms with Crippen molar-refractivity contribution < 1.29 is 4.39 Å². The first-order valence-electron chi connectivity index (χ1n) is 5.18. The van der Waals surface area contributed by atoms with Crippen LogP contribution in [0.1, 0.15) is 24.4 Å². The third-order valence-electron chi connectivity index (χ3n) is 2.85. The molecule has 15 heavy (non-hydrogen) atoms. The molecule has 1 N–H and O–H groups in total. The van der Waals surface area contributed by atoms with E-state index in [2.05, 4.69) is 11.4 Å². The Morgan fingerprint density at radius 3 is 2.87 bits per heavy atom. The number of halogens is 1. The molecule has 0 bridgehead atoms. The van der Waals surface area contributed by atoms with Gasteiger partial charge in [-0.1, -0.05) is 12.1 Å². The first-order chi connectivity index (χ1) is 7.29. The van der Waals surface area contributed by atoms with E-state index in [0.29, 0.717) is 6.54 Å². The zero-order valence-electron chi connectivity index (χ0n) is 8.41. The zero-order chi connectivity index (χ0) is 10.7. The number of piperidine rings is 1. The van der Waals surface area contributed by atoms with Crippen LogP contribution in [0.15, 0.2) is 24.3 Å². The van der Waals surface area contributed by atoms with Crippen molar-refractivity contribution in [3.63, 3.8) is 0 Å². The molecule has 1 aliphatic heterocycles. The second-order valence-electron chi connectivity index (χ2n) is 3.92. The second-order valence-corrected chi connectivity index (χ2v) is 3.92. The lowest BCUT2D eigenvalue weighted by Gasteiger charge is -2.26. The molecular weight excluding hydrogens is 191 g/mol. The van der Waals surface area contributed by atoms with Gasteiger partial charge in [-0.05, 0) is 30.5 Å². The average Bonchev–Trinajstić information content (AvgIpc) is 2.29. The van der Waals surface area contributed by atoms with Crippen molar-refractivity contribution in [2.75, 3.05) is 6.54 Å². The third-order valence-corrected chi connectivity index (χ3v) is 2.85. The maximum absolute atomic E-state index is 13.0. The van der Waals surface area contributed by atoms with Crippen molar-refractivity contribution >= 4 is 0 Å². The van der Waals surface area contributed by atoms with Gasteiger partial charge in [0.15, 0.2) is 0 Å². The Hall–Kier alpha value is -1.40. The Morgan fingerprint density at radius 2 is 2.27 bits per heavy atom. The van der Waals surface area contributed by atoms with Crippen LogP contribution in [0.25, 0.3) is 0 Å². The van der Waals surface area contributed by atoms with Gasteiger partial charge >= 0.3 is 0 Å². The molecule has 0 spiro atoms. The summed E-state index contributed by atoms with van der Waals surface area (Å²) in [6, 6.07) is 9.11. The van der Waals surface area contributed by atoms with E-state index >= 15 is 0 Å². The van der Waals surface area contributed by atoms with E-state index in [9.17, 15) is 4.39 Å². The Kier molecular flexibility index (Phi) is 2.98. The van der Waals surface area contributed by atoms with Crippen LogP contribution in [0.3, 0.4) is 0 Å². The van der Waals surface area contributed by atoms with Crippen molar-refractivity contribution in [3.8, 4) is 6.07 Å². The number of nitriles is 1. The van der Waals surface area contributed by atoms with Gasteiger partial charge in [-0.25, -0.2) is 4.39 Å². The Balaban J connectivity index is 2.05. The van der Waals surface area contributed by atoms with E-state index in [4.69, 9.17) is 5.26 Å². The number of nitrogens with one attached hydrogen (secondary N) is 1. The molecule has 0 saturated carbocycles. The summed E-state index contributed by atoms with van der Waals surface area (Å²) in [5, 5.41) is 12.0. The summed E-state index contributed by atoms with van der Waals surface area (Å²) in [5.74, 6) is -0.0912. The SMILES string of the molecule is N#CC1CCC(c2cccc(F)c2)NC1. The van der Waals surface area contributed by atoms with Crippen molar-refractivity contribution in [2.45, 2.75) is 18.9 Å². The lowest BCUT2D eigenvalue weighted by Crippen LogP contribution is -2.32. The number of rotatable bonds is 1. The molecule has 1 saturated heterocycles. The molecule has 0 aromatic heterocycles. The second kappa shape index (κ2) is 4.41. The van der Waals surface area contributed by atoms with E-state index < -0.39 is 0 Å². The van der Waals surface area contributed by atoms with Crippen molar-refractivity contribution in [3.05, 3.63) is 35.6 Å². The highest BCUT2D eigenvalue weighted by molar-refractivity contribution is 5.20. The highest BCUT2D eigenvalue weighted by atomic mass is 19.1. The first-order valence-corrected chi connectivity index (χ1v) is 5.18. The van der Waals surface area contributed by atoms with Gasteiger partial charge in [-0.2, -0.15) is 5.26 Å². The minimum absolute atomic E-state index is 0.106. The fraction of sp³-hybridized carbons (Fsp3) is 0.417. The van der Waals surface area contributed by atoms with Crippen LogP contribution in [0, 0.1) is 23.1 Å². The number of benzene rings is 1. The van der Waals surface area contributed by atoms with Gasteiger partial charge in [0.2, 0.25) is 0 Å². The van der Waals surface area contributed by atoms with Crippen LogP contribution in [0.4, 0.5) is 4.39 Å². The van der Waals surface area contributed by atoms with Gasteiger partial charge in [0.05, 0.1) is 12.0 Å². The highest BCUT2D eigenvalue weighted by Gasteiger charge is 2.21. The van der Waals surface area contributed by atoms with Gasteiger partial charge in [-0.3, -0.25) is 0 Å². The maximum atomic E-state index is 13.0. The summed E-state index contributed by atoms with van der Waals surface area (Å²) in [5.41, 5.74) is 0.978. The molecule has 1 aromatic carbocycles. The van der Waals surface area contributed by atoms with Crippen LogP contribution < -0.4 is 5.32 Å². The molecule has 2 nitrogen and oxygen atoms in total. The fourth-order valence-corrected chi connectivity index (χ4v) is 1.97. The normalized spacial score (nSPS) is 25.9. The molecule has 2 rings (SSSR count). The predicted octanol–water partition coefficient (Wildman–Crippen LogP) is 2.39. The van der Waals surface area contributed by atoms with Gasteiger partial charge in [0, 0.05) is 12.6 Å². The smallest absolute Gasteiger partial charge is 0.123 e. The topological polar surface area (TPSA) is 35.8 Å². The Morgan fingerprint density at radius 1 is 1.40 bits per heavy atom. The van der Waals surface area contributed by atoms with Crippen molar-refractivity contribution in [1.82, 2.24) is 5.32 Å². The molecule has 2 unspecified atom stereocenters. The third kappa shape index (κ3) is 2.34. The molecule has 1 heterocycles. The van der Waals surface area contributed by atoms with Gasteiger partial charge in [0.1, 0.15) is 5.82 Å². The molecule has 1 fully saturated rings. The summed E-state index contributed by atoms with van der Waals surface area (Å²) in [6.07, 6.45) is 1.80. The van der Waals surface area contributed by atoms with Gasteiger partial charge in [-0.15, -0.1) is 0 Å². The maximum Gasteiger partial charge on any atom is 0.123 e. The molecule has 3 heteroatoms. The molecule has 1 aliphatic rings. The highest BCUT2D eigenvalue weighted by Crippen LogP contribution is 2.25. The first kappa shape index (κ1) is 10.1. The molecule has 2 atom stereocenters. The van der Waals surface area contributed by atoms with Crippen molar-refractivity contribution in [2.24, 2.45) is 5.92 Å². The number of hydrogen-bond donors (Lipinski definition) is 1. The van der Waals surface area contributed by atoms with Gasteiger partial charge < -0.3 is 5.32 Å². The summed E-state index contributed by atoms with van der Waals surface area (Å²) in [4.78, 5) is 0. The molecule has 0 aliphatic carbocycles. The predicted molar refractivity (Wildman–Crippen MR) is 55.5 cm³/mol.